The second kappa shape index (κ2) is 9.54. The summed E-state index contributed by atoms with van der Waals surface area (Å²) in [7, 11) is 0. The Kier molecular flexibility index (Phi) is 5.34. The Morgan fingerprint density at radius 1 is 0.489 bits per heavy atom. The van der Waals surface area contributed by atoms with E-state index in [1.807, 2.05) is 12.4 Å². The summed E-state index contributed by atoms with van der Waals surface area (Å²) < 4.78 is 5.03. The quantitative estimate of drug-likeness (QED) is 0.198. The van der Waals surface area contributed by atoms with Gasteiger partial charge in [0.25, 0.3) is 0 Å². The van der Waals surface area contributed by atoms with Crippen molar-refractivity contribution in [1.29, 1.82) is 0 Å². The summed E-state index contributed by atoms with van der Waals surface area (Å²) in [5.41, 5.74) is 14.9. The van der Waals surface area contributed by atoms with Crippen LogP contribution in [0.4, 0.5) is 0 Å². The molecule has 0 N–H and O–H groups in total. The smallest absolute Gasteiger partial charge is 0.0644 e. The number of hydrogen-bond donors (Lipinski definition) is 0. The molecule has 0 bridgehead atoms. The third-order valence-electron chi connectivity index (χ3n) is 10.4. The first kappa shape index (κ1) is 26.3. The Balaban J connectivity index is 1.46. The summed E-state index contributed by atoms with van der Waals surface area (Å²) in [4.78, 5) is 4.22. The minimum Gasteiger partial charge on any atom is -0.309 e. The molecule has 3 heteroatoms. The molecule has 1 aliphatic carbocycles. The molecule has 222 valence electrons. The van der Waals surface area contributed by atoms with E-state index in [2.05, 4.69) is 167 Å². The van der Waals surface area contributed by atoms with Gasteiger partial charge < -0.3 is 9.13 Å². The highest BCUT2D eigenvalue weighted by Crippen LogP contribution is 2.58. The van der Waals surface area contributed by atoms with E-state index in [1.165, 1.54) is 82.7 Å². The standard InChI is InChI=1S/C44H31N3/c1-44(2)35-17-9-6-14-32(35)38-41(44)39-33-15-7-10-18-36(33)47(31-22-20-28(21-23-31)29-24-26-45-27-25-29)43(39)40-34-16-8-11-19-37(34)46(42(38)40)30-12-4-3-5-13-30/h3-27H,1-2H3. The van der Waals surface area contributed by atoms with Crippen molar-refractivity contribution in [2.45, 2.75) is 19.3 Å². The van der Waals surface area contributed by atoms with Crippen LogP contribution in [-0.2, 0) is 5.41 Å². The molecule has 0 saturated carbocycles. The molecule has 0 unspecified atom stereocenters. The van der Waals surface area contributed by atoms with Crippen LogP contribution in [0.1, 0.15) is 25.0 Å². The van der Waals surface area contributed by atoms with E-state index in [0.29, 0.717) is 0 Å². The van der Waals surface area contributed by atoms with Gasteiger partial charge in [-0.3, -0.25) is 4.98 Å². The van der Waals surface area contributed by atoms with Crippen LogP contribution in [0.15, 0.2) is 152 Å². The van der Waals surface area contributed by atoms with E-state index in [4.69, 9.17) is 0 Å². The van der Waals surface area contributed by atoms with E-state index in [9.17, 15) is 0 Å². The molecule has 0 fully saturated rings. The molecule has 3 nitrogen and oxygen atoms in total. The predicted molar refractivity (Wildman–Crippen MR) is 196 cm³/mol. The van der Waals surface area contributed by atoms with Gasteiger partial charge in [-0.2, -0.15) is 0 Å². The summed E-state index contributed by atoms with van der Waals surface area (Å²) in [6.07, 6.45) is 3.71. The SMILES string of the molecule is CC1(C)c2ccccc2-c2c1c1c3ccccc3n(-c3ccc(-c4ccncc4)cc3)c1c1c3ccccc3n(-c3ccccc3)c21. The molecule has 0 atom stereocenters. The monoisotopic (exact) mass is 601 g/mol. The van der Waals surface area contributed by atoms with Gasteiger partial charge >= 0.3 is 0 Å². The highest BCUT2D eigenvalue weighted by atomic mass is 15.0. The fraction of sp³-hybridized carbons (Fsp3) is 0.0682. The second-order valence-corrected chi connectivity index (χ2v) is 13.2. The molecule has 0 spiro atoms. The molecular formula is C44H31N3. The van der Waals surface area contributed by atoms with E-state index in [1.54, 1.807) is 0 Å². The maximum atomic E-state index is 4.22. The lowest BCUT2D eigenvalue weighted by Gasteiger charge is -2.23. The average molecular weight is 602 g/mol. The molecule has 10 rings (SSSR count). The Labute approximate surface area is 273 Å². The molecule has 0 aliphatic heterocycles. The van der Waals surface area contributed by atoms with Crippen molar-refractivity contribution >= 4 is 43.6 Å². The number of hydrogen-bond acceptors (Lipinski definition) is 1. The maximum Gasteiger partial charge on any atom is 0.0644 e. The number of fused-ring (bicyclic) bond motifs is 12. The van der Waals surface area contributed by atoms with Gasteiger partial charge in [-0.05, 0) is 76.3 Å². The molecule has 0 saturated heterocycles. The Morgan fingerprint density at radius 2 is 1.04 bits per heavy atom. The average Bonchev–Trinajstić information content (AvgIpc) is 3.73. The van der Waals surface area contributed by atoms with Crippen LogP contribution < -0.4 is 0 Å². The molecule has 0 amide bonds. The molecule has 1 aliphatic rings. The van der Waals surface area contributed by atoms with Crippen molar-refractivity contribution in [3.63, 3.8) is 0 Å². The van der Waals surface area contributed by atoms with Crippen molar-refractivity contribution in [2.24, 2.45) is 0 Å². The Morgan fingerprint density at radius 3 is 1.77 bits per heavy atom. The van der Waals surface area contributed by atoms with Gasteiger partial charge in [-0.15, -0.1) is 0 Å². The number of benzene rings is 6. The Hall–Kier alpha value is -5.93. The fourth-order valence-electron chi connectivity index (χ4n) is 8.42. The van der Waals surface area contributed by atoms with Crippen LogP contribution in [0.2, 0.25) is 0 Å². The van der Waals surface area contributed by atoms with Gasteiger partial charge in [0.05, 0.1) is 22.1 Å². The van der Waals surface area contributed by atoms with Crippen LogP contribution in [0.3, 0.4) is 0 Å². The van der Waals surface area contributed by atoms with E-state index < -0.39 is 0 Å². The third-order valence-corrected chi connectivity index (χ3v) is 10.4. The van der Waals surface area contributed by atoms with Crippen LogP contribution >= 0.6 is 0 Å². The van der Waals surface area contributed by atoms with Crippen molar-refractivity contribution in [3.05, 3.63) is 163 Å². The van der Waals surface area contributed by atoms with Crippen molar-refractivity contribution in [1.82, 2.24) is 14.1 Å². The Bertz CT molecular complexity index is 2670. The molecule has 3 heterocycles. The first-order valence-electron chi connectivity index (χ1n) is 16.3. The highest BCUT2D eigenvalue weighted by Gasteiger charge is 2.41. The molecule has 3 aromatic heterocycles. The lowest BCUT2D eigenvalue weighted by Crippen LogP contribution is -2.15. The van der Waals surface area contributed by atoms with Crippen LogP contribution in [0.25, 0.3) is 77.2 Å². The summed E-state index contributed by atoms with van der Waals surface area (Å²) in [6, 6.07) is 51.0. The molecule has 9 aromatic rings. The van der Waals surface area contributed by atoms with Crippen molar-refractivity contribution in [2.75, 3.05) is 0 Å². The number of aromatic nitrogens is 3. The van der Waals surface area contributed by atoms with Gasteiger partial charge in [0.15, 0.2) is 0 Å². The molecular weight excluding hydrogens is 571 g/mol. The topological polar surface area (TPSA) is 22.8 Å². The third kappa shape index (κ3) is 3.49. The summed E-state index contributed by atoms with van der Waals surface area (Å²) in [5.74, 6) is 0. The molecule has 0 radical (unpaired) electrons. The lowest BCUT2D eigenvalue weighted by atomic mass is 9.80. The summed E-state index contributed by atoms with van der Waals surface area (Å²) in [6.45, 7) is 4.82. The van der Waals surface area contributed by atoms with Crippen LogP contribution in [0, 0.1) is 0 Å². The highest BCUT2D eigenvalue weighted by molar-refractivity contribution is 6.31. The minimum absolute atomic E-state index is 0.198. The molecule has 6 aromatic carbocycles. The summed E-state index contributed by atoms with van der Waals surface area (Å²) in [5, 5.41) is 5.19. The van der Waals surface area contributed by atoms with Gasteiger partial charge in [0, 0.05) is 56.3 Å². The van der Waals surface area contributed by atoms with E-state index >= 15 is 0 Å². The zero-order valence-corrected chi connectivity index (χ0v) is 26.3. The van der Waals surface area contributed by atoms with E-state index in [-0.39, 0.29) is 5.41 Å². The van der Waals surface area contributed by atoms with Gasteiger partial charge in [0.1, 0.15) is 0 Å². The van der Waals surface area contributed by atoms with Crippen molar-refractivity contribution in [3.8, 4) is 33.6 Å². The lowest BCUT2D eigenvalue weighted by molar-refractivity contribution is 0.667. The zero-order valence-electron chi connectivity index (χ0n) is 26.3. The first-order chi connectivity index (χ1) is 23.1. The second-order valence-electron chi connectivity index (χ2n) is 13.2. The first-order valence-corrected chi connectivity index (χ1v) is 16.3. The summed E-state index contributed by atoms with van der Waals surface area (Å²) >= 11 is 0. The predicted octanol–water partition coefficient (Wildman–Crippen LogP) is 11.2. The van der Waals surface area contributed by atoms with Crippen molar-refractivity contribution < 1.29 is 0 Å². The number of nitrogens with zero attached hydrogens (tertiary/aromatic N) is 3. The van der Waals surface area contributed by atoms with Crippen LogP contribution in [-0.4, -0.2) is 14.1 Å². The number of pyridine rings is 1. The van der Waals surface area contributed by atoms with Gasteiger partial charge in [-0.25, -0.2) is 0 Å². The molecule has 47 heavy (non-hydrogen) atoms. The largest absolute Gasteiger partial charge is 0.309 e. The fourth-order valence-corrected chi connectivity index (χ4v) is 8.42. The maximum absolute atomic E-state index is 4.22. The minimum atomic E-state index is -0.198. The zero-order chi connectivity index (χ0) is 31.3. The van der Waals surface area contributed by atoms with Gasteiger partial charge in [-0.1, -0.05) is 105 Å². The normalized spacial score (nSPS) is 13.5. The van der Waals surface area contributed by atoms with Crippen LogP contribution in [0.5, 0.6) is 0 Å². The van der Waals surface area contributed by atoms with Gasteiger partial charge in [0.2, 0.25) is 0 Å². The number of rotatable bonds is 3. The van der Waals surface area contributed by atoms with E-state index in [0.717, 1.165) is 5.69 Å². The number of para-hydroxylation sites is 3.